The first kappa shape index (κ1) is 28.1. The van der Waals surface area contributed by atoms with E-state index in [4.69, 9.17) is 11.6 Å². The summed E-state index contributed by atoms with van der Waals surface area (Å²) in [5, 5.41) is 3.39. The summed E-state index contributed by atoms with van der Waals surface area (Å²) in [6, 6.07) is 28.3. The molecule has 4 aromatic carbocycles. The number of benzene rings is 4. The van der Waals surface area contributed by atoms with Crippen LogP contribution in [-0.2, 0) is 23.1 Å². The van der Waals surface area contributed by atoms with Crippen LogP contribution in [0.15, 0.2) is 114 Å². The summed E-state index contributed by atoms with van der Waals surface area (Å²) in [4.78, 5) is 17.3. The zero-order valence-electron chi connectivity index (χ0n) is 22.7. The molecule has 0 saturated heterocycles. The molecule has 0 radical (unpaired) electrons. The fourth-order valence-electron chi connectivity index (χ4n) is 4.51. The number of nitrogens with zero attached hydrogens (tertiary/aromatic N) is 3. The Morgan fingerprint density at radius 3 is 2.24 bits per heavy atom. The van der Waals surface area contributed by atoms with Crippen molar-refractivity contribution in [2.45, 2.75) is 31.8 Å². The molecule has 0 aliphatic heterocycles. The molecule has 0 spiro atoms. The Labute approximate surface area is 245 Å². The van der Waals surface area contributed by atoms with Crippen LogP contribution in [0.2, 0.25) is 5.02 Å². The largest absolute Gasteiger partial charge is 0.348 e. The molecule has 1 aromatic heterocycles. The van der Waals surface area contributed by atoms with Crippen LogP contribution in [0, 0.1) is 13.8 Å². The van der Waals surface area contributed by atoms with Crippen molar-refractivity contribution in [3.05, 3.63) is 143 Å². The predicted octanol–water partition coefficient (Wildman–Crippen LogP) is 6.47. The molecule has 9 heteroatoms. The minimum absolute atomic E-state index is 0.0725. The lowest BCUT2D eigenvalue weighted by Crippen LogP contribution is -2.31. The fourth-order valence-corrected chi connectivity index (χ4v) is 6.20. The van der Waals surface area contributed by atoms with Crippen molar-refractivity contribution >= 4 is 33.2 Å². The first-order valence-electron chi connectivity index (χ1n) is 13.0. The van der Waals surface area contributed by atoms with Gasteiger partial charge in [0.15, 0.2) is 0 Å². The lowest BCUT2D eigenvalue weighted by Gasteiger charge is -2.26. The summed E-state index contributed by atoms with van der Waals surface area (Å²) < 4.78 is 30.8. The van der Waals surface area contributed by atoms with E-state index in [1.54, 1.807) is 79.0 Å². The fraction of sp³-hybridized carbons (Fsp3) is 0.125. The second kappa shape index (κ2) is 12.0. The lowest BCUT2D eigenvalue weighted by atomic mass is 10.1. The van der Waals surface area contributed by atoms with Gasteiger partial charge in [-0.1, -0.05) is 60.1 Å². The molecule has 41 heavy (non-hydrogen) atoms. The van der Waals surface area contributed by atoms with Crippen LogP contribution in [0.1, 0.15) is 32.9 Å². The monoisotopic (exact) mass is 584 g/mol. The molecule has 1 amide bonds. The van der Waals surface area contributed by atoms with Crippen LogP contribution in [-0.4, -0.2) is 23.9 Å². The second-order valence-electron chi connectivity index (χ2n) is 9.65. The van der Waals surface area contributed by atoms with Crippen LogP contribution in [0.4, 0.5) is 5.69 Å². The number of carbonyl (C=O) groups excluding carboxylic acids is 1. The maximum atomic E-state index is 13.7. The molecule has 0 aliphatic carbocycles. The molecular formula is C32H29ClN4O3S. The highest BCUT2D eigenvalue weighted by molar-refractivity contribution is 7.92. The molecule has 1 N–H and O–H groups in total. The molecular weight excluding hydrogens is 556 g/mol. The van der Waals surface area contributed by atoms with Gasteiger partial charge in [-0.25, -0.2) is 13.4 Å². The average Bonchev–Trinajstić information content (AvgIpc) is 3.42. The van der Waals surface area contributed by atoms with Gasteiger partial charge in [0.25, 0.3) is 15.9 Å². The molecule has 0 aliphatic rings. The number of imidazole rings is 1. The molecule has 0 atom stereocenters. The highest BCUT2D eigenvalue weighted by atomic mass is 35.5. The third-order valence-electron chi connectivity index (χ3n) is 6.81. The third kappa shape index (κ3) is 6.34. The standard InChI is InChI=1S/C32H29ClN4O3S/c1-23-8-15-28(33)20-31(23)37(41(39,40)30-6-4-3-5-7-30)22-26-9-13-27(14-10-26)32(38)35-21-25-11-16-29(17-12-25)36-19-18-34-24(36)2/h3-20H,21-22H2,1-2H3,(H,35,38). The Morgan fingerprint density at radius 2 is 1.59 bits per heavy atom. The highest BCUT2D eigenvalue weighted by Crippen LogP contribution is 2.31. The molecule has 0 fully saturated rings. The third-order valence-corrected chi connectivity index (χ3v) is 8.82. The minimum atomic E-state index is -3.89. The van der Waals surface area contributed by atoms with Crippen molar-refractivity contribution in [1.82, 2.24) is 14.9 Å². The first-order valence-corrected chi connectivity index (χ1v) is 14.8. The number of rotatable bonds is 9. The molecule has 5 rings (SSSR count). The van der Waals surface area contributed by atoms with E-state index >= 15 is 0 Å². The molecule has 7 nitrogen and oxygen atoms in total. The van der Waals surface area contributed by atoms with E-state index in [-0.39, 0.29) is 17.3 Å². The summed E-state index contributed by atoms with van der Waals surface area (Å²) in [6.45, 7) is 4.24. The normalized spacial score (nSPS) is 11.3. The number of carbonyl (C=O) groups is 1. The SMILES string of the molecule is Cc1ccc(Cl)cc1N(Cc1ccc(C(=O)NCc2ccc(-n3ccnc3C)cc2)cc1)S(=O)(=O)c1ccccc1. The smallest absolute Gasteiger partial charge is 0.264 e. The van der Waals surface area contributed by atoms with Crippen molar-refractivity contribution in [3.63, 3.8) is 0 Å². The Bertz CT molecular complexity index is 1770. The quantitative estimate of drug-likeness (QED) is 0.215. The topological polar surface area (TPSA) is 84.3 Å². The maximum Gasteiger partial charge on any atom is 0.264 e. The Hall–Kier alpha value is -4.40. The molecule has 1 heterocycles. The van der Waals surface area contributed by atoms with E-state index in [0.717, 1.165) is 28.2 Å². The van der Waals surface area contributed by atoms with Crippen molar-refractivity contribution in [3.8, 4) is 5.69 Å². The van der Waals surface area contributed by atoms with Gasteiger partial charge in [0.2, 0.25) is 0 Å². The summed E-state index contributed by atoms with van der Waals surface area (Å²) >= 11 is 6.26. The van der Waals surface area contributed by atoms with Crippen molar-refractivity contribution in [2.75, 3.05) is 4.31 Å². The Kier molecular flexibility index (Phi) is 8.23. The Balaban J connectivity index is 1.30. The van der Waals surface area contributed by atoms with E-state index in [0.29, 0.717) is 22.8 Å². The molecule has 0 saturated carbocycles. The summed E-state index contributed by atoms with van der Waals surface area (Å²) in [6.07, 6.45) is 3.66. The van der Waals surface area contributed by atoms with Crippen LogP contribution in [0.25, 0.3) is 5.69 Å². The number of hydrogen-bond acceptors (Lipinski definition) is 4. The number of nitrogens with one attached hydrogen (secondary N) is 1. The first-order chi connectivity index (χ1) is 19.7. The number of halogens is 1. The van der Waals surface area contributed by atoms with Gasteiger partial charge in [-0.3, -0.25) is 9.10 Å². The van der Waals surface area contributed by atoms with E-state index in [1.165, 1.54) is 4.31 Å². The predicted molar refractivity (Wildman–Crippen MR) is 162 cm³/mol. The van der Waals surface area contributed by atoms with E-state index < -0.39 is 10.0 Å². The summed E-state index contributed by atoms with van der Waals surface area (Å²) in [5.41, 5.74) is 4.45. The minimum Gasteiger partial charge on any atom is -0.348 e. The lowest BCUT2D eigenvalue weighted by molar-refractivity contribution is 0.0951. The number of sulfonamides is 1. The van der Waals surface area contributed by atoms with Gasteiger partial charge < -0.3 is 9.88 Å². The molecule has 5 aromatic rings. The maximum absolute atomic E-state index is 13.7. The zero-order chi connectivity index (χ0) is 29.0. The zero-order valence-corrected chi connectivity index (χ0v) is 24.2. The Morgan fingerprint density at radius 1 is 0.902 bits per heavy atom. The molecule has 208 valence electrons. The van der Waals surface area contributed by atoms with Gasteiger partial charge in [-0.15, -0.1) is 0 Å². The number of aryl methyl sites for hydroxylation is 2. The van der Waals surface area contributed by atoms with Crippen molar-refractivity contribution in [1.29, 1.82) is 0 Å². The van der Waals surface area contributed by atoms with Crippen LogP contribution >= 0.6 is 11.6 Å². The van der Waals surface area contributed by atoms with Crippen LogP contribution in [0.3, 0.4) is 0 Å². The second-order valence-corrected chi connectivity index (χ2v) is 11.9. The highest BCUT2D eigenvalue weighted by Gasteiger charge is 2.26. The average molecular weight is 585 g/mol. The van der Waals surface area contributed by atoms with Gasteiger partial charge in [0.1, 0.15) is 5.82 Å². The van der Waals surface area contributed by atoms with Gasteiger partial charge >= 0.3 is 0 Å². The molecule has 0 bridgehead atoms. The van der Waals surface area contributed by atoms with Gasteiger partial charge in [0.05, 0.1) is 17.1 Å². The summed E-state index contributed by atoms with van der Waals surface area (Å²) in [7, 11) is -3.89. The van der Waals surface area contributed by atoms with Crippen molar-refractivity contribution < 1.29 is 13.2 Å². The number of anilines is 1. The summed E-state index contributed by atoms with van der Waals surface area (Å²) in [5.74, 6) is 0.684. The van der Waals surface area contributed by atoms with Gasteiger partial charge in [-0.2, -0.15) is 0 Å². The van der Waals surface area contributed by atoms with E-state index in [9.17, 15) is 13.2 Å². The van der Waals surface area contributed by atoms with E-state index in [1.807, 2.05) is 48.9 Å². The number of aromatic nitrogens is 2. The number of amides is 1. The van der Waals surface area contributed by atoms with Crippen LogP contribution in [0.5, 0.6) is 0 Å². The van der Waals surface area contributed by atoms with Crippen molar-refractivity contribution in [2.24, 2.45) is 0 Å². The number of hydrogen-bond donors (Lipinski definition) is 1. The van der Waals surface area contributed by atoms with E-state index in [2.05, 4.69) is 10.3 Å². The van der Waals surface area contributed by atoms with Gasteiger partial charge in [0, 0.05) is 35.2 Å². The molecule has 0 unspecified atom stereocenters. The van der Waals surface area contributed by atoms with Crippen LogP contribution < -0.4 is 9.62 Å². The van der Waals surface area contributed by atoms with Gasteiger partial charge in [-0.05, 0) is 79.1 Å².